The molecule has 0 aliphatic carbocycles. The highest BCUT2D eigenvalue weighted by Crippen LogP contribution is 2.02. The van der Waals surface area contributed by atoms with Crippen molar-refractivity contribution in [2.24, 2.45) is 0 Å². The van der Waals surface area contributed by atoms with E-state index in [0.717, 1.165) is 5.56 Å². The Bertz CT molecular complexity index is 275. The molecule has 0 saturated heterocycles. The zero-order valence-corrected chi connectivity index (χ0v) is 7.14. The third-order valence-corrected chi connectivity index (χ3v) is 1.27. The Hall–Kier alpha value is -1.33. The summed E-state index contributed by atoms with van der Waals surface area (Å²) in [6, 6.07) is 6.82. The van der Waals surface area contributed by atoms with Gasteiger partial charge in [-0.1, -0.05) is 17.7 Å². The van der Waals surface area contributed by atoms with Gasteiger partial charge in [-0.2, -0.15) is 0 Å². The molecule has 5 heteroatoms. The van der Waals surface area contributed by atoms with E-state index in [2.05, 4.69) is 0 Å². The molecule has 0 unspecified atom stereocenters. The summed E-state index contributed by atoms with van der Waals surface area (Å²) in [4.78, 5) is 10.4. The van der Waals surface area contributed by atoms with Crippen LogP contribution in [0.25, 0.3) is 0 Å². The van der Waals surface area contributed by atoms with Crippen LogP contribution in [-0.2, 0) is 0 Å². The van der Waals surface area contributed by atoms with Crippen LogP contribution < -0.4 is 0 Å². The number of benzene rings is 1. The van der Waals surface area contributed by atoms with Crippen LogP contribution in [0, 0.1) is 6.92 Å². The van der Waals surface area contributed by atoms with Gasteiger partial charge in [0.25, 0.3) is 0 Å². The number of aromatic carboxylic acids is 1. The van der Waals surface area contributed by atoms with Gasteiger partial charge in [0.15, 0.2) is 0 Å². The molecular weight excluding hydrogens is 171 g/mol. The van der Waals surface area contributed by atoms with Crippen LogP contribution in [0.2, 0.25) is 0 Å². The van der Waals surface area contributed by atoms with Gasteiger partial charge in [-0.3, -0.25) is 0 Å². The predicted molar refractivity (Wildman–Crippen MR) is 48.3 cm³/mol. The molecule has 0 heterocycles. The summed E-state index contributed by atoms with van der Waals surface area (Å²) >= 11 is 0. The first-order chi connectivity index (χ1) is 6.11. The van der Waals surface area contributed by atoms with Crippen molar-refractivity contribution < 1.29 is 19.9 Å². The van der Waals surface area contributed by atoms with Gasteiger partial charge in [-0.25, -0.2) is 4.79 Å². The van der Waals surface area contributed by atoms with E-state index >= 15 is 0 Å². The smallest absolute Gasteiger partial charge is 0.478 e. The van der Waals surface area contributed by atoms with Gasteiger partial charge in [0.2, 0.25) is 0 Å². The molecule has 0 amide bonds. The summed E-state index contributed by atoms with van der Waals surface area (Å²) in [6.07, 6.45) is 0. The van der Waals surface area contributed by atoms with Crippen LogP contribution in [0.3, 0.4) is 0 Å². The van der Waals surface area contributed by atoms with E-state index in [0.29, 0.717) is 5.56 Å². The number of carboxylic acid groups (broad SMARTS) is 1. The Labute approximate surface area is 76.8 Å². The molecule has 0 bridgehead atoms. The van der Waals surface area contributed by atoms with Crippen LogP contribution in [-0.4, -0.2) is 28.8 Å². The minimum atomic E-state index is -0.872. The van der Waals surface area contributed by atoms with Crippen LogP contribution in [0.5, 0.6) is 0 Å². The van der Waals surface area contributed by atoms with E-state index in [9.17, 15) is 4.79 Å². The van der Waals surface area contributed by atoms with Gasteiger partial charge in [0, 0.05) is 0 Å². The predicted octanol–water partition coefficient (Wildman–Crippen LogP) is 0.198. The highest BCUT2D eigenvalue weighted by molar-refractivity contribution is 6.13. The molecule has 69 valence electrons. The van der Waals surface area contributed by atoms with E-state index in [1.165, 1.54) is 0 Å². The molecule has 13 heavy (non-hydrogen) atoms. The van der Waals surface area contributed by atoms with Gasteiger partial charge >= 0.3 is 13.7 Å². The average Bonchev–Trinajstić information content (AvgIpc) is 2.05. The van der Waals surface area contributed by atoms with E-state index in [-0.39, 0.29) is 7.69 Å². The van der Waals surface area contributed by atoms with Crippen molar-refractivity contribution in [2.75, 3.05) is 0 Å². The van der Waals surface area contributed by atoms with Crippen molar-refractivity contribution in [3.8, 4) is 0 Å². The average molecular weight is 181 g/mol. The lowest BCUT2D eigenvalue weighted by molar-refractivity contribution is 0.0697. The van der Waals surface area contributed by atoms with E-state index in [1.807, 2.05) is 13.0 Å². The first kappa shape index (κ1) is 11.7. The van der Waals surface area contributed by atoms with Crippen molar-refractivity contribution in [1.82, 2.24) is 0 Å². The Kier molecular flexibility index (Phi) is 5.59. The first-order valence-electron chi connectivity index (χ1n) is 3.52. The second kappa shape index (κ2) is 6.22. The lowest BCUT2D eigenvalue weighted by atomic mass is 10.1. The Balaban J connectivity index is 0.000000424. The number of rotatable bonds is 1. The summed E-state index contributed by atoms with van der Waals surface area (Å²) in [5.41, 5.74) is 1.32. The maximum absolute atomic E-state index is 10.4. The molecule has 3 N–H and O–H groups in total. The third-order valence-electron chi connectivity index (χ3n) is 1.27. The van der Waals surface area contributed by atoms with Crippen LogP contribution >= 0.6 is 0 Å². The zero-order valence-electron chi connectivity index (χ0n) is 7.14. The fourth-order valence-corrected chi connectivity index (χ4v) is 0.778. The summed E-state index contributed by atoms with van der Waals surface area (Å²) in [5.74, 6) is -0.872. The van der Waals surface area contributed by atoms with Crippen LogP contribution in [0.4, 0.5) is 0 Å². The fraction of sp³-hybridized carbons (Fsp3) is 0.125. The normalized spacial score (nSPS) is 8.23. The lowest BCUT2D eigenvalue weighted by Gasteiger charge is -1.93. The van der Waals surface area contributed by atoms with E-state index < -0.39 is 5.97 Å². The number of hydrogen-bond acceptors (Lipinski definition) is 3. The van der Waals surface area contributed by atoms with Gasteiger partial charge < -0.3 is 15.2 Å². The standard InChI is InChI=1S/C8H8O2.BH2O2/c1-6-3-2-4-7(5-6)8(9)10;2-1-3/h2-5H,1H3,(H,9,10);2-3H. The monoisotopic (exact) mass is 181 g/mol. The Morgan fingerprint density at radius 1 is 1.38 bits per heavy atom. The first-order valence-corrected chi connectivity index (χ1v) is 3.52. The fourth-order valence-electron chi connectivity index (χ4n) is 0.778. The minimum Gasteiger partial charge on any atom is -0.478 e. The third kappa shape index (κ3) is 5.00. The minimum absolute atomic E-state index is 0. The van der Waals surface area contributed by atoms with Crippen molar-refractivity contribution >= 4 is 13.7 Å². The van der Waals surface area contributed by atoms with Crippen molar-refractivity contribution in [3.63, 3.8) is 0 Å². The summed E-state index contributed by atoms with van der Waals surface area (Å²) in [6.45, 7) is 1.87. The topological polar surface area (TPSA) is 77.8 Å². The largest absolute Gasteiger partial charge is 0.482 e. The van der Waals surface area contributed by atoms with Gasteiger partial charge in [-0.05, 0) is 19.1 Å². The van der Waals surface area contributed by atoms with Crippen molar-refractivity contribution in [3.05, 3.63) is 35.4 Å². The quantitative estimate of drug-likeness (QED) is 0.540. The second-order valence-electron chi connectivity index (χ2n) is 2.29. The lowest BCUT2D eigenvalue weighted by Crippen LogP contribution is -1.95. The van der Waals surface area contributed by atoms with Crippen LogP contribution in [0.15, 0.2) is 24.3 Å². The van der Waals surface area contributed by atoms with Crippen LogP contribution in [0.1, 0.15) is 15.9 Å². The van der Waals surface area contributed by atoms with Crippen molar-refractivity contribution in [1.29, 1.82) is 0 Å². The van der Waals surface area contributed by atoms with Gasteiger partial charge in [0.05, 0.1) is 5.56 Å². The number of carboxylic acids is 1. The molecule has 1 aromatic carbocycles. The molecule has 1 aromatic rings. The van der Waals surface area contributed by atoms with E-state index in [1.54, 1.807) is 18.2 Å². The SMILES string of the molecule is Cc1cccc(C(=O)O)c1.O[B]O. The summed E-state index contributed by atoms with van der Waals surface area (Å²) in [7, 11) is 0. The zero-order chi connectivity index (χ0) is 10.3. The number of carbonyl (C=O) groups is 1. The summed E-state index contributed by atoms with van der Waals surface area (Å²) < 4.78 is 0. The Morgan fingerprint density at radius 2 is 1.92 bits per heavy atom. The van der Waals surface area contributed by atoms with E-state index in [4.69, 9.17) is 15.2 Å². The molecule has 1 radical (unpaired) electrons. The highest BCUT2D eigenvalue weighted by Gasteiger charge is 1.99. The number of hydrogen-bond donors (Lipinski definition) is 3. The molecular formula is C8H10BO4. The Morgan fingerprint density at radius 3 is 2.23 bits per heavy atom. The van der Waals surface area contributed by atoms with Gasteiger partial charge in [-0.15, -0.1) is 0 Å². The molecule has 0 aliphatic rings. The molecule has 1 rings (SSSR count). The molecule has 0 saturated carbocycles. The maximum Gasteiger partial charge on any atom is 0.482 e. The molecule has 4 nitrogen and oxygen atoms in total. The molecule has 0 atom stereocenters. The second-order valence-corrected chi connectivity index (χ2v) is 2.29. The molecule has 0 aliphatic heterocycles. The summed E-state index contributed by atoms with van der Waals surface area (Å²) in [5, 5.41) is 22.5. The maximum atomic E-state index is 10.4. The van der Waals surface area contributed by atoms with Gasteiger partial charge in [0.1, 0.15) is 0 Å². The number of aryl methyl sites for hydroxylation is 1. The molecule has 0 fully saturated rings. The van der Waals surface area contributed by atoms with Crippen molar-refractivity contribution in [2.45, 2.75) is 6.92 Å². The highest BCUT2D eigenvalue weighted by atomic mass is 16.4. The molecule has 0 spiro atoms. The molecule has 0 aromatic heterocycles.